The van der Waals surface area contributed by atoms with Crippen molar-refractivity contribution in [2.75, 3.05) is 26.2 Å². The van der Waals surface area contributed by atoms with E-state index in [9.17, 15) is 19.7 Å². The minimum absolute atomic E-state index is 0.208. The number of ether oxygens (including phenoxy) is 1. The Labute approximate surface area is 145 Å². The predicted molar refractivity (Wildman–Crippen MR) is 89.3 cm³/mol. The first-order chi connectivity index (χ1) is 11.6. The van der Waals surface area contributed by atoms with Gasteiger partial charge < -0.3 is 14.5 Å². The van der Waals surface area contributed by atoms with Crippen molar-refractivity contribution in [1.29, 1.82) is 0 Å². The fraction of sp³-hybridized carbons (Fsp3) is 0.562. The fourth-order valence-electron chi connectivity index (χ4n) is 2.43. The molecule has 1 aromatic rings. The van der Waals surface area contributed by atoms with Gasteiger partial charge >= 0.3 is 6.09 Å². The molecular weight excluding hydrogens is 328 g/mol. The van der Waals surface area contributed by atoms with Gasteiger partial charge in [0.15, 0.2) is 0 Å². The Morgan fingerprint density at radius 1 is 1.20 bits per heavy atom. The number of amides is 2. The van der Waals surface area contributed by atoms with Gasteiger partial charge in [-0.25, -0.2) is 4.79 Å². The van der Waals surface area contributed by atoms with Crippen LogP contribution in [0.2, 0.25) is 0 Å². The molecule has 9 heteroatoms. The normalized spacial score (nSPS) is 15.0. The molecule has 1 fully saturated rings. The van der Waals surface area contributed by atoms with Crippen LogP contribution in [0.3, 0.4) is 0 Å². The summed E-state index contributed by atoms with van der Waals surface area (Å²) < 4.78 is 5.32. The third-order valence-corrected chi connectivity index (χ3v) is 3.73. The van der Waals surface area contributed by atoms with E-state index in [0.29, 0.717) is 31.9 Å². The maximum Gasteiger partial charge on any atom is 0.410 e. The maximum absolute atomic E-state index is 12.6. The van der Waals surface area contributed by atoms with Crippen LogP contribution in [0.25, 0.3) is 0 Å². The smallest absolute Gasteiger partial charge is 0.410 e. The summed E-state index contributed by atoms with van der Waals surface area (Å²) in [6.07, 6.45) is 0.722. The van der Waals surface area contributed by atoms with Crippen molar-refractivity contribution in [2.45, 2.75) is 33.3 Å². The second-order valence-electron chi connectivity index (χ2n) is 6.84. The van der Waals surface area contributed by atoms with Gasteiger partial charge in [-0.1, -0.05) is 0 Å². The minimum Gasteiger partial charge on any atom is -0.444 e. The van der Waals surface area contributed by atoms with Crippen molar-refractivity contribution in [3.63, 3.8) is 0 Å². The molecule has 2 amide bonds. The quantitative estimate of drug-likeness (QED) is 0.596. The predicted octanol–water partition coefficient (Wildman–Crippen LogP) is 1.99. The molecule has 0 aromatic carbocycles. The Morgan fingerprint density at radius 3 is 2.28 bits per heavy atom. The first kappa shape index (κ1) is 18.6. The molecule has 0 unspecified atom stereocenters. The number of aryl methyl sites for hydroxylation is 1. The summed E-state index contributed by atoms with van der Waals surface area (Å²) in [5.41, 5.74) is -0.151. The zero-order valence-electron chi connectivity index (χ0n) is 14.8. The largest absolute Gasteiger partial charge is 0.444 e. The highest BCUT2D eigenvalue weighted by atomic mass is 16.6. The number of carbonyl (C=O) groups is 2. The number of piperazine rings is 1. The summed E-state index contributed by atoms with van der Waals surface area (Å²) in [5, 5.41) is 10.9. The van der Waals surface area contributed by atoms with Crippen molar-refractivity contribution in [3.05, 3.63) is 33.6 Å². The van der Waals surface area contributed by atoms with E-state index < -0.39 is 16.6 Å². The summed E-state index contributed by atoms with van der Waals surface area (Å²) in [5.74, 6) is -0.322. The van der Waals surface area contributed by atoms with Gasteiger partial charge in [-0.15, -0.1) is 0 Å². The van der Waals surface area contributed by atoms with Crippen LogP contribution in [0.1, 0.15) is 36.8 Å². The second-order valence-corrected chi connectivity index (χ2v) is 6.84. The van der Waals surface area contributed by atoms with Crippen LogP contribution in [0.4, 0.5) is 10.5 Å². The molecule has 1 aromatic heterocycles. The van der Waals surface area contributed by atoms with Gasteiger partial charge in [0.25, 0.3) is 11.6 Å². The van der Waals surface area contributed by atoms with Crippen molar-refractivity contribution >= 4 is 17.7 Å². The van der Waals surface area contributed by atoms with Crippen LogP contribution in [0.15, 0.2) is 12.3 Å². The lowest BCUT2D eigenvalue weighted by Gasteiger charge is -2.35. The lowest BCUT2D eigenvalue weighted by molar-refractivity contribution is -0.385. The van der Waals surface area contributed by atoms with Crippen LogP contribution < -0.4 is 0 Å². The van der Waals surface area contributed by atoms with E-state index in [-0.39, 0.29) is 17.2 Å². The first-order valence-electron chi connectivity index (χ1n) is 7.97. The highest BCUT2D eigenvalue weighted by Gasteiger charge is 2.29. The summed E-state index contributed by atoms with van der Waals surface area (Å²) in [6, 6.07) is 1.24. The number of rotatable bonds is 2. The summed E-state index contributed by atoms with van der Waals surface area (Å²) in [7, 11) is 0. The number of hydrogen-bond donors (Lipinski definition) is 0. The van der Waals surface area contributed by atoms with Gasteiger partial charge in [0.1, 0.15) is 11.8 Å². The molecule has 0 bridgehead atoms. The van der Waals surface area contributed by atoms with E-state index in [1.165, 1.54) is 6.07 Å². The average Bonchev–Trinajstić information content (AvgIpc) is 2.53. The highest BCUT2D eigenvalue weighted by molar-refractivity contribution is 5.96. The second kappa shape index (κ2) is 7.04. The van der Waals surface area contributed by atoms with Crippen LogP contribution in [0, 0.1) is 17.0 Å². The van der Waals surface area contributed by atoms with Crippen molar-refractivity contribution in [2.24, 2.45) is 0 Å². The Hall–Kier alpha value is -2.71. The average molecular weight is 350 g/mol. The topological polar surface area (TPSA) is 106 Å². The number of carbonyl (C=O) groups excluding carboxylic acids is 2. The molecule has 2 rings (SSSR count). The Morgan fingerprint density at radius 2 is 1.76 bits per heavy atom. The lowest BCUT2D eigenvalue weighted by atomic mass is 10.1. The molecule has 1 aliphatic rings. The number of nitro groups is 1. The number of pyridine rings is 1. The van der Waals surface area contributed by atoms with Gasteiger partial charge in [-0.2, -0.15) is 0 Å². The fourth-order valence-corrected chi connectivity index (χ4v) is 2.43. The zero-order chi connectivity index (χ0) is 18.8. The van der Waals surface area contributed by atoms with Crippen LogP contribution >= 0.6 is 0 Å². The molecular formula is C16H22N4O5. The number of nitrogens with zero attached hydrogens (tertiary/aromatic N) is 4. The molecule has 0 atom stereocenters. The monoisotopic (exact) mass is 350 g/mol. The standard InChI is InChI=1S/C16H22N4O5/c1-11-13(9-12(10-17-11)20(23)24)14(21)18-5-7-19(8-6-18)15(22)25-16(2,3)4/h9-10H,5-8H2,1-4H3. The molecule has 1 aliphatic heterocycles. The molecule has 1 saturated heterocycles. The van der Waals surface area contributed by atoms with Crippen LogP contribution in [-0.4, -0.2) is 63.5 Å². The third-order valence-electron chi connectivity index (χ3n) is 3.73. The van der Waals surface area contributed by atoms with Gasteiger partial charge in [0.05, 0.1) is 16.2 Å². The van der Waals surface area contributed by atoms with Gasteiger partial charge in [-0.3, -0.25) is 19.9 Å². The third kappa shape index (κ3) is 4.65. The summed E-state index contributed by atoms with van der Waals surface area (Å²) >= 11 is 0. The summed E-state index contributed by atoms with van der Waals surface area (Å²) in [4.78, 5) is 42.0. The van der Waals surface area contributed by atoms with Gasteiger partial charge in [-0.05, 0) is 27.7 Å². The van der Waals surface area contributed by atoms with E-state index in [1.54, 1.807) is 37.5 Å². The lowest BCUT2D eigenvalue weighted by Crippen LogP contribution is -2.51. The van der Waals surface area contributed by atoms with E-state index in [1.807, 2.05) is 0 Å². The summed E-state index contributed by atoms with van der Waals surface area (Å²) in [6.45, 7) is 8.38. The molecule has 2 heterocycles. The Balaban J connectivity index is 2.03. The van der Waals surface area contributed by atoms with E-state index in [4.69, 9.17) is 4.74 Å². The van der Waals surface area contributed by atoms with Gasteiger partial charge in [0.2, 0.25) is 0 Å². The van der Waals surface area contributed by atoms with Crippen LogP contribution in [0.5, 0.6) is 0 Å². The molecule has 0 spiro atoms. The Kier molecular flexibility index (Phi) is 5.24. The zero-order valence-corrected chi connectivity index (χ0v) is 14.8. The Bertz CT molecular complexity index is 690. The van der Waals surface area contributed by atoms with Crippen LogP contribution in [-0.2, 0) is 4.74 Å². The number of hydrogen-bond acceptors (Lipinski definition) is 6. The molecule has 0 N–H and O–H groups in total. The molecule has 0 aliphatic carbocycles. The molecule has 25 heavy (non-hydrogen) atoms. The van der Waals surface area contributed by atoms with Crippen molar-refractivity contribution in [3.8, 4) is 0 Å². The SMILES string of the molecule is Cc1ncc([N+](=O)[O-])cc1C(=O)N1CCN(C(=O)OC(C)(C)C)CC1. The van der Waals surface area contributed by atoms with Gasteiger partial charge in [0, 0.05) is 32.2 Å². The first-order valence-corrected chi connectivity index (χ1v) is 7.97. The number of aromatic nitrogens is 1. The minimum atomic E-state index is -0.580. The van der Waals surface area contributed by atoms with E-state index in [0.717, 1.165) is 6.20 Å². The highest BCUT2D eigenvalue weighted by Crippen LogP contribution is 2.18. The molecule has 136 valence electrons. The molecule has 0 saturated carbocycles. The molecule has 9 nitrogen and oxygen atoms in total. The van der Waals surface area contributed by atoms with E-state index >= 15 is 0 Å². The van der Waals surface area contributed by atoms with E-state index in [2.05, 4.69) is 4.98 Å². The maximum atomic E-state index is 12.6. The molecule has 0 radical (unpaired) electrons. The van der Waals surface area contributed by atoms with Crippen molar-refractivity contribution in [1.82, 2.24) is 14.8 Å². The van der Waals surface area contributed by atoms with Crippen molar-refractivity contribution < 1.29 is 19.2 Å².